The average Bonchev–Trinajstić information content (AvgIpc) is 2.75. The zero-order chi connectivity index (χ0) is 14.7. The van der Waals surface area contributed by atoms with Crippen molar-refractivity contribution in [3.8, 4) is 0 Å². The Morgan fingerprint density at radius 3 is 2.65 bits per heavy atom. The molecule has 0 aliphatic heterocycles. The lowest BCUT2D eigenvalue weighted by molar-refractivity contribution is 0.175. The number of hydrogen-bond acceptors (Lipinski definition) is 2. The molecule has 0 bridgehead atoms. The second-order valence-electron chi connectivity index (χ2n) is 4.65. The molecule has 0 aliphatic carbocycles. The normalized spacial score (nSPS) is 12.7. The Kier molecular flexibility index (Phi) is 5.08. The Bertz CT molecular complexity index is 596. The number of hydrogen-bond donors (Lipinski definition) is 1. The number of benzene rings is 1. The smallest absolute Gasteiger partial charge is 0.0851 e. The molecule has 1 unspecified atom stereocenters. The number of aliphatic hydroxyl groups is 1. The van der Waals surface area contributed by atoms with Gasteiger partial charge in [-0.2, -0.15) is 5.10 Å². The highest BCUT2D eigenvalue weighted by molar-refractivity contribution is 6.32. The first-order chi connectivity index (χ1) is 9.56. The van der Waals surface area contributed by atoms with Crippen LogP contribution in [-0.4, -0.2) is 14.9 Å². The maximum Gasteiger partial charge on any atom is 0.0851 e. The number of halogens is 2. The molecule has 1 heterocycles. The van der Waals surface area contributed by atoms with Gasteiger partial charge in [0, 0.05) is 18.0 Å². The number of aromatic nitrogens is 2. The van der Waals surface area contributed by atoms with Crippen LogP contribution in [0, 0.1) is 0 Å². The Hall–Kier alpha value is -1.03. The van der Waals surface area contributed by atoms with Gasteiger partial charge in [0.1, 0.15) is 0 Å². The molecule has 0 aliphatic rings. The fourth-order valence-corrected chi connectivity index (χ4v) is 2.77. The molecule has 0 saturated carbocycles. The molecule has 0 fully saturated rings. The molecule has 0 amide bonds. The van der Waals surface area contributed by atoms with Gasteiger partial charge < -0.3 is 5.11 Å². The van der Waals surface area contributed by atoms with Crippen molar-refractivity contribution in [1.29, 1.82) is 0 Å². The molecule has 1 aromatic carbocycles. The quantitative estimate of drug-likeness (QED) is 0.904. The van der Waals surface area contributed by atoms with Crippen molar-refractivity contribution < 1.29 is 5.11 Å². The topological polar surface area (TPSA) is 38.0 Å². The van der Waals surface area contributed by atoms with Crippen LogP contribution in [0.15, 0.2) is 24.3 Å². The molecule has 1 N–H and O–H groups in total. The van der Waals surface area contributed by atoms with E-state index in [2.05, 4.69) is 5.10 Å². The van der Waals surface area contributed by atoms with E-state index in [4.69, 9.17) is 23.2 Å². The van der Waals surface area contributed by atoms with Crippen LogP contribution in [0.2, 0.25) is 10.0 Å². The van der Waals surface area contributed by atoms with Gasteiger partial charge in [0.25, 0.3) is 0 Å². The fraction of sp³-hybridized carbons (Fsp3) is 0.400. The second kappa shape index (κ2) is 6.61. The molecule has 2 aromatic rings. The first-order valence-electron chi connectivity index (χ1n) is 6.74. The van der Waals surface area contributed by atoms with Crippen molar-refractivity contribution in [3.63, 3.8) is 0 Å². The number of aliphatic hydroxyl groups excluding tert-OH is 1. The SMILES string of the molecule is CCc1nn(CC)c(CC(O)c2cccc(Cl)c2)c1Cl. The van der Waals surface area contributed by atoms with Crippen molar-refractivity contribution in [3.05, 3.63) is 51.3 Å². The van der Waals surface area contributed by atoms with Crippen LogP contribution in [0.1, 0.15) is 36.9 Å². The summed E-state index contributed by atoms with van der Waals surface area (Å²) in [5.41, 5.74) is 2.54. The van der Waals surface area contributed by atoms with E-state index in [0.29, 0.717) is 16.5 Å². The summed E-state index contributed by atoms with van der Waals surface area (Å²) >= 11 is 12.3. The minimum Gasteiger partial charge on any atom is -0.388 e. The number of rotatable bonds is 5. The van der Waals surface area contributed by atoms with E-state index in [0.717, 1.165) is 29.9 Å². The van der Waals surface area contributed by atoms with E-state index in [1.807, 2.05) is 30.7 Å². The van der Waals surface area contributed by atoms with Gasteiger partial charge in [0.05, 0.1) is 22.5 Å². The summed E-state index contributed by atoms with van der Waals surface area (Å²) in [6, 6.07) is 7.25. The summed E-state index contributed by atoms with van der Waals surface area (Å²) in [7, 11) is 0. The van der Waals surface area contributed by atoms with Crippen molar-refractivity contribution in [2.75, 3.05) is 0 Å². The second-order valence-corrected chi connectivity index (χ2v) is 5.47. The Balaban J connectivity index is 2.27. The molecule has 0 saturated heterocycles. The van der Waals surface area contributed by atoms with Crippen LogP contribution >= 0.6 is 23.2 Å². The first-order valence-corrected chi connectivity index (χ1v) is 7.50. The minimum absolute atomic E-state index is 0.431. The molecule has 1 atom stereocenters. The zero-order valence-electron chi connectivity index (χ0n) is 11.6. The molecular formula is C15H18Cl2N2O. The molecule has 5 heteroatoms. The van der Waals surface area contributed by atoms with Gasteiger partial charge in [0.2, 0.25) is 0 Å². The third-order valence-corrected chi connectivity index (χ3v) is 3.99. The van der Waals surface area contributed by atoms with Gasteiger partial charge in [-0.15, -0.1) is 0 Å². The fourth-order valence-electron chi connectivity index (χ4n) is 2.23. The predicted octanol–water partition coefficient (Wildman–Crippen LogP) is 4.05. The van der Waals surface area contributed by atoms with Crippen molar-refractivity contribution in [2.24, 2.45) is 0 Å². The van der Waals surface area contributed by atoms with Crippen LogP contribution in [0.5, 0.6) is 0 Å². The summed E-state index contributed by atoms with van der Waals surface area (Å²) in [5.74, 6) is 0. The molecule has 3 nitrogen and oxygen atoms in total. The highest BCUT2D eigenvalue weighted by Crippen LogP contribution is 2.27. The monoisotopic (exact) mass is 312 g/mol. The van der Waals surface area contributed by atoms with Crippen molar-refractivity contribution >= 4 is 23.2 Å². The average molecular weight is 313 g/mol. The third-order valence-electron chi connectivity index (χ3n) is 3.31. The summed E-state index contributed by atoms with van der Waals surface area (Å²) in [6.07, 6.45) is 0.574. The maximum atomic E-state index is 10.4. The lowest BCUT2D eigenvalue weighted by Gasteiger charge is -2.12. The van der Waals surface area contributed by atoms with Crippen LogP contribution in [0.25, 0.3) is 0 Å². The van der Waals surface area contributed by atoms with E-state index < -0.39 is 6.10 Å². The Morgan fingerprint density at radius 2 is 2.05 bits per heavy atom. The van der Waals surface area contributed by atoms with E-state index in [-0.39, 0.29) is 0 Å². The molecule has 2 rings (SSSR count). The van der Waals surface area contributed by atoms with E-state index in [1.165, 1.54) is 0 Å². The van der Waals surface area contributed by atoms with Crippen LogP contribution in [-0.2, 0) is 19.4 Å². The minimum atomic E-state index is -0.641. The Morgan fingerprint density at radius 1 is 1.30 bits per heavy atom. The lowest BCUT2D eigenvalue weighted by Crippen LogP contribution is -2.09. The molecule has 20 heavy (non-hydrogen) atoms. The van der Waals surface area contributed by atoms with Crippen LogP contribution in [0.4, 0.5) is 0 Å². The highest BCUT2D eigenvalue weighted by atomic mass is 35.5. The summed E-state index contributed by atoms with van der Waals surface area (Å²) < 4.78 is 1.86. The van der Waals surface area contributed by atoms with Gasteiger partial charge >= 0.3 is 0 Å². The Labute approximate surface area is 129 Å². The van der Waals surface area contributed by atoms with E-state index in [1.54, 1.807) is 12.1 Å². The van der Waals surface area contributed by atoms with Crippen LogP contribution in [0.3, 0.4) is 0 Å². The summed E-state index contributed by atoms with van der Waals surface area (Å²) in [5, 5.41) is 16.1. The highest BCUT2D eigenvalue weighted by Gasteiger charge is 2.18. The van der Waals surface area contributed by atoms with Gasteiger partial charge in [-0.05, 0) is 31.0 Å². The summed E-state index contributed by atoms with van der Waals surface area (Å²) in [4.78, 5) is 0. The van der Waals surface area contributed by atoms with Gasteiger partial charge in [0.15, 0.2) is 0 Å². The maximum absolute atomic E-state index is 10.4. The predicted molar refractivity (Wildman–Crippen MR) is 82.4 cm³/mol. The van der Waals surface area contributed by atoms with Crippen molar-refractivity contribution in [1.82, 2.24) is 9.78 Å². The van der Waals surface area contributed by atoms with Gasteiger partial charge in [-0.1, -0.05) is 42.3 Å². The van der Waals surface area contributed by atoms with E-state index in [9.17, 15) is 5.11 Å². The van der Waals surface area contributed by atoms with Crippen molar-refractivity contribution in [2.45, 2.75) is 39.3 Å². The standard InChI is InChI=1S/C15H18Cl2N2O/c1-3-12-15(17)13(19(4-2)18-12)9-14(20)10-6-5-7-11(16)8-10/h5-8,14,20H,3-4,9H2,1-2H3. The molecule has 1 aromatic heterocycles. The first kappa shape index (κ1) is 15.4. The third kappa shape index (κ3) is 3.17. The number of aryl methyl sites for hydroxylation is 2. The lowest BCUT2D eigenvalue weighted by atomic mass is 10.0. The number of nitrogens with zero attached hydrogens (tertiary/aromatic N) is 2. The zero-order valence-corrected chi connectivity index (χ0v) is 13.1. The summed E-state index contributed by atoms with van der Waals surface area (Å²) in [6.45, 7) is 4.76. The molecule has 0 spiro atoms. The largest absolute Gasteiger partial charge is 0.388 e. The molecule has 0 radical (unpaired) electrons. The molecular weight excluding hydrogens is 295 g/mol. The van der Waals surface area contributed by atoms with Gasteiger partial charge in [-0.25, -0.2) is 0 Å². The van der Waals surface area contributed by atoms with Gasteiger partial charge in [-0.3, -0.25) is 4.68 Å². The van der Waals surface area contributed by atoms with Crippen LogP contribution < -0.4 is 0 Å². The van der Waals surface area contributed by atoms with E-state index >= 15 is 0 Å². The molecule has 108 valence electrons.